The number of rotatable bonds is 4. The van der Waals surface area contributed by atoms with Gasteiger partial charge < -0.3 is 14.8 Å². The minimum Gasteiger partial charge on any atom is -0.548 e. The van der Waals surface area contributed by atoms with E-state index in [0.717, 1.165) is 11.4 Å². The molecule has 1 amide bonds. The average Bonchev–Trinajstić information content (AvgIpc) is 2.93. The SMILES string of the molecule is CCn1cc[n+](C)c1.CN(CC(=O)[O-])C(=O)c1ccccc1. The Balaban J connectivity index is 0.000000255. The van der Waals surface area contributed by atoms with Crippen LogP contribution < -0.4 is 9.67 Å². The van der Waals surface area contributed by atoms with Crippen LogP contribution in [0.5, 0.6) is 0 Å². The normalized spacial score (nSPS) is 9.59. The number of nitrogens with zero attached hydrogens (tertiary/aromatic N) is 3. The summed E-state index contributed by atoms with van der Waals surface area (Å²) in [6, 6.07) is 8.50. The maximum atomic E-state index is 11.5. The Morgan fingerprint density at radius 3 is 2.32 bits per heavy atom. The first-order valence-electron chi connectivity index (χ1n) is 6.95. The van der Waals surface area contributed by atoms with Crippen LogP contribution in [0.4, 0.5) is 0 Å². The van der Waals surface area contributed by atoms with Crippen molar-refractivity contribution in [2.75, 3.05) is 13.6 Å². The number of hydrogen-bond donors (Lipinski definition) is 0. The van der Waals surface area contributed by atoms with Crippen LogP contribution in [-0.4, -0.2) is 34.9 Å². The molecule has 2 rings (SSSR count). The lowest BCUT2D eigenvalue weighted by atomic mass is 10.2. The number of imidazole rings is 1. The van der Waals surface area contributed by atoms with Crippen molar-refractivity contribution in [1.82, 2.24) is 9.47 Å². The minimum atomic E-state index is -1.27. The molecule has 0 aliphatic rings. The number of aromatic nitrogens is 2. The molecule has 0 N–H and O–H groups in total. The molecule has 1 aromatic carbocycles. The second kappa shape index (κ2) is 8.61. The highest BCUT2D eigenvalue weighted by molar-refractivity contribution is 5.95. The molecule has 0 aliphatic heterocycles. The van der Waals surface area contributed by atoms with Crippen molar-refractivity contribution in [3.63, 3.8) is 0 Å². The molecular weight excluding hydrogens is 282 g/mol. The number of aliphatic carboxylic acids is 1. The third-order valence-electron chi connectivity index (χ3n) is 2.92. The largest absolute Gasteiger partial charge is 0.548 e. The van der Waals surface area contributed by atoms with E-state index in [1.54, 1.807) is 30.3 Å². The van der Waals surface area contributed by atoms with Gasteiger partial charge in [-0.2, -0.15) is 0 Å². The topological polar surface area (TPSA) is 69.2 Å². The first kappa shape index (κ1) is 17.4. The van der Waals surface area contributed by atoms with Crippen molar-refractivity contribution < 1.29 is 19.3 Å². The minimum absolute atomic E-state index is 0.324. The van der Waals surface area contributed by atoms with Crippen LogP contribution in [0.25, 0.3) is 0 Å². The lowest BCUT2D eigenvalue weighted by Gasteiger charge is -2.17. The number of amides is 1. The van der Waals surface area contributed by atoms with Gasteiger partial charge in [-0.25, -0.2) is 9.13 Å². The van der Waals surface area contributed by atoms with E-state index in [1.807, 2.05) is 17.8 Å². The Labute approximate surface area is 130 Å². The van der Waals surface area contributed by atoms with Crippen LogP contribution in [0.1, 0.15) is 17.3 Å². The molecule has 22 heavy (non-hydrogen) atoms. The molecule has 1 heterocycles. The summed E-state index contributed by atoms with van der Waals surface area (Å²) in [5.41, 5.74) is 0.469. The zero-order chi connectivity index (χ0) is 16.5. The van der Waals surface area contributed by atoms with E-state index in [0.29, 0.717) is 5.56 Å². The molecule has 0 aliphatic carbocycles. The summed E-state index contributed by atoms with van der Waals surface area (Å²) >= 11 is 0. The third-order valence-corrected chi connectivity index (χ3v) is 2.92. The molecule has 0 fully saturated rings. The second-order valence-electron chi connectivity index (χ2n) is 4.81. The Hall–Kier alpha value is -2.63. The number of likely N-dealkylation sites (N-methyl/N-ethyl adjacent to an activating group) is 1. The number of carbonyl (C=O) groups excluding carboxylic acids is 2. The fourth-order valence-electron chi connectivity index (χ4n) is 1.76. The average molecular weight is 303 g/mol. The number of benzene rings is 1. The predicted octanol–water partition coefficient (Wildman–Crippen LogP) is -0.159. The summed E-state index contributed by atoms with van der Waals surface area (Å²) in [6.45, 7) is 2.79. The fraction of sp³-hybridized carbons (Fsp3) is 0.312. The number of hydrogen-bond acceptors (Lipinski definition) is 3. The van der Waals surface area contributed by atoms with Gasteiger partial charge in [0.05, 0.1) is 26.1 Å². The molecule has 0 spiro atoms. The quantitative estimate of drug-likeness (QED) is 0.737. The molecule has 2 aromatic rings. The Morgan fingerprint density at radius 2 is 1.91 bits per heavy atom. The van der Waals surface area contributed by atoms with Crippen molar-refractivity contribution in [3.05, 3.63) is 54.6 Å². The van der Waals surface area contributed by atoms with Gasteiger partial charge in [-0.05, 0) is 19.1 Å². The maximum Gasteiger partial charge on any atom is 0.253 e. The molecule has 118 valence electrons. The number of carbonyl (C=O) groups is 2. The predicted molar refractivity (Wildman–Crippen MR) is 79.7 cm³/mol. The highest BCUT2D eigenvalue weighted by Gasteiger charge is 2.10. The van der Waals surface area contributed by atoms with Gasteiger partial charge in [0.15, 0.2) is 0 Å². The van der Waals surface area contributed by atoms with Crippen LogP contribution in [0.3, 0.4) is 0 Å². The van der Waals surface area contributed by atoms with Gasteiger partial charge in [0.1, 0.15) is 12.4 Å². The molecule has 6 nitrogen and oxygen atoms in total. The van der Waals surface area contributed by atoms with E-state index in [2.05, 4.69) is 24.0 Å². The smallest absolute Gasteiger partial charge is 0.253 e. The lowest BCUT2D eigenvalue weighted by molar-refractivity contribution is -0.671. The van der Waals surface area contributed by atoms with Gasteiger partial charge >= 0.3 is 0 Å². The van der Waals surface area contributed by atoms with E-state index in [-0.39, 0.29) is 5.91 Å². The summed E-state index contributed by atoms with van der Waals surface area (Å²) in [7, 11) is 3.44. The molecule has 0 atom stereocenters. The summed E-state index contributed by atoms with van der Waals surface area (Å²) in [6.07, 6.45) is 6.14. The van der Waals surface area contributed by atoms with Crippen LogP contribution in [-0.2, 0) is 18.4 Å². The molecule has 0 unspecified atom stereocenters. The highest BCUT2D eigenvalue weighted by atomic mass is 16.4. The highest BCUT2D eigenvalue weighted by Crippen LogP contribution is 2.02. The summed E-state index contributed by atoms with van der Waals surface area (Å²) in [5, 5.41) is 10.2. The Kier molecular flexibility index (Phi) is 6.82. The van der Waals surface area contributed by atoms with E-state index in [9.17, 15) is 14.7 Å². The molecule has 6 heteroatoms. The summed E-state index contributed by atoms with van der Waals surface area (Å²) in [5.74, 6) is -1.59. The van der Waals surface area contributed by atoms with E-state index < -0.39 is 12.5 Å². The number of carboxylic acids is 1. The molecule has 0 radical (unpaired) electrons. The second-order valence-corrected chi connectivity index (χ2v) is 4.81. The number of carboxylic acid groups (broad SMARTS) is 1. The van der Waals surface area contributed by atoms with Crippen molar-refractivity contribution in [1.29, 1.82) is 0 Å². The summed E-state index contributed by atoms with van der Waals surface area (Å²) < 4.78 is 4.16. The molecule has 0 saturated carbocycles. The zero-order valence-corrected chi connectivity index (χ0v) is 13.1. The Bertz CT molecular complexity index is 608. The van der Waals surface area contributed by atoms with Crippen LogP contribution in [0.15, 0.2) is 49.1 Å². The molecule has 1 aromatic heterocycles. The fourth-order valence-corrected chi connectivity index (χ4v) is 1.76. The van der Waals surface area contributed by atoms with Gasteiger partial charge in [0.2, 0.25) is 6.33 Å². The zero-order valence-electron chi connectivity index (χ0n) is 13.1. The number of aryl methyl sites for hydroxylation is 2. The lowest BCUT2D eigenvalue weighted by Crippen LogP contribution is -2.39. The van der Waals surface area contributed by atoms with Crippen molar-refractivity contribution >= 4 is 11.9 Å². The van der Waals surface area contributed by atoms with Crippen LogP contribution in [0, 0.1) is 0 Å². The molecule has 0 bridgehead atoms. The molecule has 0 saturated heterocycles. The van der Waals surface area contributed by atoms with Gasteiger partial charge in [-0.1, -0.05) is 18.2 Å². The van der Waals surface area contributed by atoms with E-state index in [4.69, 9.17) is 0 Å². The monoisotopic (exact) mass is 303 g/mol. The van der Waals surface area contributed by atoms with Crippen molar-refractivity contribution in [2.45, 2.75) is 13.5 Å². The first-order valence-corrected chi connectivity index (χ1v) is 6.95. The van der Waals surface area contributed by atoms with Crippen LogP contribution >= 0.6 is 0 Å². The van der Waals surface area contributed by atoms with Crippen LogP contribution in [0.2, 0.25) is 0 Å². The maximum absolute atomic E-state index is 11.5. The first-order chi connectivity index (χ1) is 10.4. The molecular formula is C16H21N3O3. The van der Waals surface area contributed by atoms with Gasteiger partial charge in [0.25, 0.3) is 5.91 Å². The van der Waals surface area contributed by atoms with Gasteiger partial charge in [0, 0.05) is 12.6 Å². The summed E-state index contributed by atoms with van der Waals surface area (Å²) in [4.78, 5) is 22.9. The standard InChI is InChI=1S/C10H11NO3.C6H11N2/c1-11(7-9(12)13)10(14)8-5-3-2-4-6-8;1-3-8-5-4-7(2)6-8/h2-6H,7H2,1H3,(H,12,13);4-6H,3H2,1-2H3/q;+1/p-1. The van der Waals surface area contributed by atoms with Gasteiger partial charge in [-0.15, -0.1) is 0 Å². The van der Waals surface area contributed by atoms with Crippen molar-refractivity contribution in [3.8, 4) is 0 Å². The third kappa shape index (κ3) is 5.78. The van der Waals surface area contributed by atoms with E-state index >= 15 is 0 Å². The van der Waals surface area contributed by atoms with Gasteiger partial charge in [-0.3, -0.25) is 4.79 Å². The Morgan fingerprint density at radius 1 is 1.27 bits per heavy atom. The van der Waals surface area contributed by atoms with Crippen molar-refractivity contribution in [2.24, 2.45) is 7.05 Å². The van der Waals surface area contributed by atoms with E-state index in [1.165, 1.54) is 7.05 Å².